The van der Waals surface area contributed by atoms with Crippen LogP contribution in [0, 0.1) is 11.9 Å². The number of benzene rings is 1. The predicted octanol–water partition coefficient (Wildman–Crippen LogP) is 3.43. The van der Waals surface area contributed by atoms with Crippen LogP contribution in [-0.4, -0.2) is 67.1 Å². The van der Waals surface area contributed by atoms with Gasteiger partial charge in [-0.25, -0.2) is 14.8 Å². The summed E-state index contributed by atoms with van der Waals surface area (Å²) >= 11 is 0. The first-order chi connectivity index (χ1) is 19.6. The van der Waals surface area contributed by atoms with Gasteiger partial charge in [-0.15, -0.1) is 0 Å². The molecule has 0 bridgehead atoms. The third kappa shape index (κ3) is 4.60. The number of alkyl halides is 3. The zero-order valence-corrected chi connectivity index (χ0v) is 21.0. The minimum absolute atomic E-state index is 0.0214. The van der Waals surface area contributed by atoms with Gasteiger partial charge in [-0.2, -0.15) is 26.9 Å². The van der Waals surface area contributed by atoms with Crippen LogP contribution < -0.4 is 15.4 Å². The number of carbonyl (C=O) groups excluding carboxylic acids is 1. The monoisotopic (exact) mass is 577 g/mol. The molecule has 1 spiro atoms. The van der Waals surface area contributed by atoms with Crippen molar-refractivity contribution >= 4 is 17.6 Å². The van der Waals surface area contributed by atoms with Gasteiger partial charge in [-0.3, -0.25) is 0 Å². The molecule has 2 N–H and O–H groups in total. The maximum atomic E-state index is 15.6. The summed E-state index contributed by atoms with van der Waals surface area (Å²) in [6.07, 6.45) is -6.23. The molecule has 1 saturated heterocycles. The van der Waals surface area contributed by atoms with E-state index < -0.39 is 48.2 Å². The van der Waals surface area contributed by atoms with Gasteiger partial charge in [0.2, 0.25) is 12.2 Å². The van der Waals surface area contributed by atoms with Gasteiger partial charge in [-0.1, -0.05) is 6.07 Å². The molecule has 0 radical (unpaired) electrons. The summed E-state index contributed by atoms with van der Waals surface area (Å²) in [5.41, 5.74) is 3.93. The highest BCUT2D eigenvalue weighted by Gasteiger charge is 2.57. The highest BCUT2D eigenvalue weighted by Crippen LogP contribution is 2.55. The fourth-order valence-corrected chi connectivity index (χ4v) is 5.02. The number of carbonyl (C=O) groups is 1. The van der Waals surface area contributed by atoms with Crippen molar-refractivity contribution in [2.75, 3.05) is 37.8 Å². The number of morpholine rings is 1. The topological polar surface area (TPSA) is 121 Å². The second-order valence-corrected chi connectivity index (χ2v) is 9.32. The lowest BCUT2D eigenvalue weighted by Gasteiger charge is -2.44. The SMILES string of the molecule is NC1=NC2(c3cc(-c4cccnc4F)ccc3Oc3c2cc(N2CCOCC2)nc3F)[C@H](OC(=O)C(F)(F)F)OC1. The van der Waals surface area contributed by atoms with E-state index in [1.54, 1.807) is 4.90 Å². The molecule has 3 aromatic rings. The number of rotatable bonds is 3. The number of hydrogen-bond acceptors (Lipinski definition) is 10. The summed E-state index contributed by atoms with van der Waals surface area (Å²) in [7, 11) is 0. The Morgan fingerprint density at radius 1 is 1.10 bits per heavy atom. The van der Waals surface area contributed by atoms with Crippen LogP contribution in [0.15, 0.2) is 47.6 Å². The van der Waals surface area contributed by atoms with Gasteiger partial charge < -0.3 is 29.6 Å². The molecule has 3 aliphatic rings. The molecule has 0 aliphatic carbocycles. The van der Waals surface area contributed by atoms with Crippen LogP contribution in [-0.2, 0) is 24.5 Å². The van der Waals surface area contributed by atoms with Crippen LogP contribution >= 0.6 is 0 Å². The largest absolute Gasteiger partial charge is 0.491 e. The number of nitrogens with two attached hydrogens (primary N) is 1. The van der Waals surface area contributed by atoms with E-state index in [1.807, 2.05) is 0 Å². The minimum Gasteiger partial charge on any atom is -0.452 e. The van der Waals surface area contributed by atoms with Gasteiger partial charge in [0.25, 0.3) is 5.95 Å². The first kappa shape index (κ1) is 26.8. The van der Waals surface area contributed by atoms with Crippen LogP contribution in [0.1, 0.15) is 11.1 Å². The van der Waals surface area contributed by atoms with E-state index in [0.717, 1.165) is 0 Å². The Labute approximate surface area is 228 Å². The Kier molecular flexibility index (Phi) is 6.49. The molecule has 15 heteroatoms. The lowest BCUT2D eigenvalue weighted by Crippen LogP contribution is -2.52. The number of esters is 1. The summed E-state index contributed by atoms with van der Waals surface area (Å²) in [5, 5.41) is 0. The number of halogens is 5. The zero-order chi connectivity index (χ0) is 28.9. The van der Waals surface area contributed by atoms with E-state index in [2.05, 4.69) is 15.0 Å². The van der Waals surface area contributed by atoms with Gasteiger partial charge in [0.1, 0.15) is 24.0 Å². The molecule has 1 fully saturated rings. The minimum atomic E-state index is -5.39. The number of aromatic nitrogens is 2. The van der Waals surface area contributed by atoms with E-state index in [4.69, 9.17) is 24.7 Å². The molecule has 41 heavy (non-hydrogen) atoms. The quantitative estimate of drug-likeness (QED) is 0.284. The van der Waals surface area contributed by atoms with E-state index in [9.17, 15) is 22.4 Å². The van der Waals surface area contributed by atoms with Crippen molar-refractivity contribution < 1.29 is 45.7 Å². The van der Waals surface area contributed by atoms with Crippen molar-refractivity contribution in [1.29, 1.82) is 0 Å². The zero-order valence-electron chi connectivity index (χ0n) is 21.0. The molecule has 2 atom stereocenters. The number of amidine groups is 1. The van der Waals surface area contributed by atoms with Crippen LogP contribution in [0.5, 0.6) is 11.5 Å². The average Bonchev–Trinajstić information content (AvgIpc) is 2.95. The molecule has 5 heterocycles. The summed E-state index contributed by atoms with van der Waals surface area (Å²) in [6.45, 7) is 0.836. The fourth-order valence-electron chi connectivity index (χ4n) is 5.02. The number of nitrogens with zero attached hydrogens (tertiary/aromatic N) is 4. The van der Waals surface area contributed by atoms with Crippen molar-refractivity contribution in [3.05, 3.63) is 65.6 Å². The van der Waals surface area contributed by atoms with Crippen molar-refractivity contribution in [3.63, 3.8) is 0 Å². The Hall–Kier alpha value is -4.37. The summed E-state index contributed by atoms with van der Waals surface area (Å²) < 4.78 is 92.0. The molecule has 1 unspecified atom stereocenters. The van der Waals surface area contributed by atoms with Gasteiger partial charge in [0, 0.05) is 36.0 Å². The first-order valence-corrected chi connectivity index (χ1v) is 12.3. The highest BCUT2D eigenvalue weighted by atomic mass is 19.4. The van der Waals surface area contributed by atoms with Crippen LogP contribution in [0.4, 0.5) is 27.8 Å². The molecule has 2 aromatic heterocycles. The van der Waals surface area contributed by atoms with E-state index in [1.165, 1.54) is 42.6 Å². The molecule has 0 amide bonds. The number of hydrogen-bond donors (Lipinski definition) is 1. The lowest BCUT2D eigenvalue weighted by molar-refractivity contribution is -0.234. The van der Waals surface area contributed by atoms with E-state index in [-0.39, 0.29) is 39.7 Å². The molecule has 1 aromatic carbocycles. The lowest BCUT2D eigenvalue weighted by atomic mass is 9.78. The molecule has 214 valence electrons. The maximum absolute atomic E-state index is 15.6. The maximum Gasteiger partial charge on any atom is 0.491 e. The second kappa shape index (κ2) is 9.92. The molecule has 0 saturated carbocycles. The normalized spacial score (nSPS) is 21.9. The standard InChI is InChI=1S/C26H20F5N5O5/c27-21-14(2-1-5-33-21)13-3-4-17-15(10-13)25(24(39-12-18(32)35-25)41-23(37)26(29,30)31)16-11-19(34-22(28)20(16)40-17)36-6-8-38-9-7-36/h1-5,10-11,24H,6-9,12H2,(H2,32,35)/t24-,25?/m0/s1. The average molecular weight is 577 g/mol. The first-order valence-electron chi connectivity index (χ1n) is 12.3. The predicted molar refractivity (Wildman–Crippen MR) is 131 cm³/mol. The van der Waals surface area contributed by atoms with E-state index in [0.29, 0.717) is 26.3 Å². The molecule has 3 aliphatic heterocycles. The van der Waals surface area contributed by atoms with Gasteiger partial charge in [0.05, 0.1) is 13.2 Å². The Morgan fingerprint density at radius 3 is 2.61 bits per heavy atom. The fraction of sp³-hybridized carbons (Fsp3) is 0.308. The Bertz CT molecular complexity index is 1560. The molecular weight excluding hydrogens is 557 g/mol. The number of anilines is 1. The summed E-state index contributed by atoms with van der Waals surface area (Å²) in [6, 6.07) is 8.45. The summed E-state index contributed by atoms with van der Waals surface area (Å²) in [4.78, 5) is 25.9. The van der Waals surface area contributed by atoms with Gasteiger partial charge in [-0.05, 0) is 35.9 Å². The second-order valence-electron chi connectivity index (χ2n) is 9.32. The molecule has 10 nitrogen and oxygen atoms in total. The van der Waals surface area contributed by atoms with E-state index >= 15 is 4.39 Å². The van der Waals surface area contributed by atoms with Crippen molar-refractivity contribution in [2.24, 2.45) is 10.7 Å². The van der Waals surface area contributed by atoms with Gasteiger partial charge >= 0.3 is 12.1 Å². The Morgan fingerprint density at radius 2 is 1.88 bits per heavy atom. The van der Waals surface area contributed by atoms with Crippen LogP contribution in [0.2, 0.25) is 0 Å². The van der Waals surface area contributed by atoms with Crippen molar-refractivity contribution in [2.45, 2.75) is 18.0 Å². The smallest absolute Gasteiger partial charge is 0.452 e. The number of ether oxygens (including phenoxy) is 4. The molecular formula is C26H20F5N5O5. The van der Waals surface area contributed by atoms with Crippen LogP contribution in [0.25, 0.3) is 11.1 Å². The van der Waals surface area contributed by atoms with Gasteiger partial charge in [0.15, 0.2) is 11.3 Å². The molecule has 6 rings (SSSR count). The summed E-state index contributed by atoms with van der Waals surface area (Å²) in [5.74, 6) is -5.14. The number of aliphatic imine (C=N–C) groups is 1. The highest BCUT2D eigenvalue weighted by molar-refractivity contribution is 5.85. The number of fused-ring (bicyclic) bond motifs is 4. The van der Waals surface area contributed by atoms with Crippen molar-refractivity contribution in [3.8, 4) is 22.6 Å². The Balaban J connectivity index is 1.62. The van der Waals surface area contributed by atoms with Crippen molar-refractivity contribution in [1.82, 2.24) is 9.97 Å². The number of pyridine rings is 2. The third-order valence-corrected chi connectivity index (χ3v) is 6.83. The third-order valence-electron chi connectivity index (χ3n) is 6.83. The van der Waals surface area contributed by atoms with Crippen LogP contribution in [0.3, 0.4) is 0 Å².